The molecular weight excluding hydrogens is 234 g/mol. The van der Waals surface area contributed by atoms with Gasteiger partial charge in [-0.15, -0.1) is 0 Å². The van der Waals surface area contributed by atoms with Gasteiger partial charge in [-0.25, -0.2) is 0 Å². The molecule has 1 rings (SSSR count). The van der Waals surface area contributed by atoms with Gasteiger partial charge < -0.3 is 10.1 Å². The average Bonchev–Trinajstić information content (AvgIpc) is 2.37. The third-order valence-corrected chi connectivity index (χ3v) is 2.27. The van der Waals surface area contributed by atoms with E-state index in [-0.39, 0.29) is 18.0 Å². The average molecular weight is 249 g/mol. The molecule has 1 aromatic rings. The van der Waals surface area contributed by atoms with Crippen LogP contribution in [-0.4, -0.2) is 18.1 Å². The lowest BCUT2D eigenvalue weighted by atomic mass is 10.2. The first-order valence-corrected chi connectivity index (χ1v) is 5.66. The van der Waals surface area contributed by atoms with Crippen molar-refractivity contribution >= 4 is 5.69 Å². The minimum Gasteiger partial charge on any atom is -0.472 e. The van der Waals surface area contributed by atoms with Crippen LogP contribution in [0.5, 0.6) is 5.75 Å². The molecule has 0 aliphatic carbocycles. The minimum atomic E-state index is -0.504. The van der Waals surface area contributed by atoms with Gasteiger partial charge in [-0.05, 0) is 24.6 Å². The summed E-state index contributed by atoms with van der Waals surface area (Å²) in [6, 6.07) is 6.53. The lowest BCUT2D eigenvalue weighted by molar-refractivity contribution is -0.385. The summed E-state index contributed by atoms with van der Waals surface area (Å²) in [5.74, 6) is 0.126. The smallest absolute Gasteiger partial charge is 0.311 e. The van der Waals surface area contributed by atoms with Gasteiger partial charge in [-0.2, -0.15) is 5.26 Å². The van der Waals surface area contributed by atoms with E-state index in [1.807, 2.05) is 6.92 Å². The summed E-state index contributed by atoms with van der Waals surface area (Å²) in [7, 11) is 0. The van der Waals surface area contributed by atoms with Crippen LogP contribution in [-0.2, 0) is 6.54 Å². The van der Waals surface area contributed by atoms with Gasteiger partial charge in [0.1, 0.15) is 6.07 Å². The predicted molar refractivity (Wildman–Crippen MR) is 66.2 cm³/mol. The summed E-state index contributed by atoms with van der Waals surface area (Å²) in [6.45, 7) is 3.29. The Bertz CT molecular complexity index is 454. The molecule has 0 unspecified atom stereocenters. The van der Waals surface area contributed by atoms with Gasteiger partial charge >= 0.3 is 5.69 Å². The van der Waals surface area contributed by atoms with Gasteiger partial charge in [-0.3, -0.25) is 10.1 Å². The van der Waals surface area contributed by atoms with Crippen molar-refractivity contribution in [2.45, 2.75) is 19.9 Å². The van der Waals surface area contributed by atoms with E-state index < -0.39 is 4.92 Å². The van der Waals surface area contributed by atoms with Crippen LogP contribution < -0.4 is 10.1 Å². The van der Waals surface area contributed by atoms with Crippen LogP contribution in [0.3, 0.4) is 0 Å². The predicted octanol–water partition coefficient (Wildman–Crippen LogP) is 2.00. The van der Waals surface area contributed by atoms with Crippen molar-refractivity contribution in [3.63, 3.8) is 0 Å². The normalized spacial score (nSPS) is 9.78. The largest absolute Gasteiger partial charge is 0.472 e. The van der Waals surface area contributed by atoms with Crippen LogP contribution >= 0.6 is 0 Å². The molecular formula is C12H15N3O3. The Kier molecular flexibility index (Phi) is 5.61. The Morgan fingerprint density at radius 3 is 2.94 bits per heavy atom. The van der Waals surface area contributed by atoms with Crippen LogP contribution in [0.25, 0.3) is 0 Å². The second-order valence-corrected chi connectivity index (χ2v) is 3.68. The van der Waals surface area contributed by atoms with E-state index in [0.29, 0.717) is 6.54 Å². The van der Waals surface area contributed by atoms with E-state index in [1.165, 1.54) is 12.1 Å². The van der Waals surface area contributed by atoms with Crippen molar-refractivity contribution in [2.75, 3.05) is 13.2 Å². The molecule has 0 aliphatic heterocycles. The zero-order chi connectivity index (χ0) is 13.4. The molecule has 0 saturated heterocycles. The molecule has 1 N–H and O–H groups in total. The highest BCUT2D eigenvalue weighted by Crippen LogP contribution is 2.27. The van der Waals surface area contributed by atoms with Gasteiger partial charge in [0, 0.05) is 12.6 Å². The number of hydrogen-bond donors (Lipinski definition) is 1. The van der Waals surface area contributed by atoms with Crippen molar-refractivity contribution in [1.82, 2.24) is 5.32 Å². The zero-order valence-corrected chi connectivity index (χ0v) is 10.2. The number of rotatable bonds is 7. The number of ether oxygens (including phenoxy) is 1. The Morgan fingerprint density at radius 2 is 2.33 bits per heavy atom. The quantitative estimate of drug-likeness (QED) is 0.453. The molecule has 0 saturated carbocycles. The Labute approximate surface area is 105 Å². The van der Waals surface area contributed by atoms with Crippen molar-refractivity contribution in [3.05, 3.63) is 33.9 Å². The summed E-state index contributed by atoms with van der Waals surface area (Å²) in [5, 5.41) is 22.5. The fourth-order valence-corrected chi connectivity index (χ4v) is 1.46. The van der Waals surface area contributed by atoms with Crippen molar-refractivity contribution in [1.29, 1.82) is 5.26 Å². The molecule has 0 heterocycles. The summed E-state index contributed by atoms with van der Waals surface area (Å²) in [5.41, 5.74) is 0.709. The topological polar surface area (TPSA) is 88.2 Å². The Balaban J connectivity index is 2.82. The summed E-state index contributed by atoms with van der Waals surface area (Å²) < 4.78 is 5.01. The Morgan fingerprint density at radius 1 is 1.56 bits per heavy atom. The van der Waals surface area contributed by atoms with Crippen LogP contribution in [0.2, 0.25) is 0 Å². The third-order valence-electron chi connectivity index (χ3n) is 2.27. The Hall–Kier alpha value is -2.13. The van der Waals surface area contributed by atoms with Gasteiger partial charge in [0.25, 0.3) is 0 Å². The highest BCUT2D eigenvalue weighted by Gasteiger charge is 2.15. The minimum absolute atomic E-state index is 0.110. The van der Waals surface area contributed by atoms with Crippen LogP contribution in [0.15, 0.2) is 18.2 Å². The summed E-state index contributed by atoms with van der Waals surface area (Å²) in [4.78, 5) is 10.4. The number of nitrogens with zero attached hydrogens (tertiary/aromatic N) is 2. The maximum atomic E-state index is 10.9. The summed E-state index contributed by atoms with van der Waals surface area (Å²) >= 11 is 0. The fourth-order valence-electron chi connectivity index (χ4n) is 1.46. The summed E-state index contributed by atoms with van der Waals surface area (Å²) in [6.07, 6.45) is 1.01. The van der Waals surface area contributed by atoms with E-state index in [2.05, 4.69) is 5.32 Å². The van der Waals surface area contributed by atoms with E-state index in [4.69, 9.17) is 10.00 Å². The molecule has 0 bridgehead atoms. The molecule has 0 atom stereocenters. The van der Waals surface area contributed by atoms with Gasteiger partial charge in [-0.1, -0.05) is 13.0 Å². The molecule has 0 fully saturated rings. The monoisotopic (exact) mass is 249 g/mol. The van der Waals surface area contributed by atoms with Gasteiger partial charge in [0.15, 0.2) is 12.4 Å². The molecule has 6 heteroatoms. The maximum absolute atomic E-state index is 10.9. The first-order chi connectivity index (χ1) is 8.69. The van der Waals surface area contributed by atoms with Crippen molar-refractivity contribution in [2.24, 2.45) is 0 Å². The molecule has 96 valence electrons. The highest BCUT2D eigenvalue weighted by molar-refractivity contribution is 5.48. The maximum Gasteiger partial charge on any atom is 0.311 e. The van der Waals surface area contributed by atoms with Gasteiger partial charge in [0.05, 0.1) is 4.92 Å². The lowest BCUT2D eigenvalue weighted by Crippen LogP contribution is -2.13. The number of nitro groups is 1. The highest BCUT2D eigenvalue weighted by atomic mass is 16.6. The zero-order valence-electron chi connectivity index (χ0n) is 10.2. The molecule has 18 heavy (non-hydrogen) atoms. The van der Waals surface area contributed by atoms with E-state index in [0.717, 1.165) is 18.5 Å². The number of hydrogen-bond acceptors (Lipinski definition) is 5. The molecule has 0 amide bonds. The fraction of sp³-hybridized carbons (Fsp3) is 0.417. The number of benzene rings is 1. The first kappa shape index (κ1) is 13.9. The third kappa shape index (κ3) is 4.03. The standard InChI is InChI=1S/C12H15N3O3/c1-2-6-14-9-10-3-4-12(18-7-5-13)11(8-10)15(16)17/h3-4,8,14H,2,6-7,9H2,1H3. The van der Waals surface area contributed by atoms with E-state index in [1.54, 1.807) is 12.1 Å². The molecule has 0 aromatic heterocycles. The molecule has 0 radical (unpaired) electrons. The van der Waals surface area contributed by atoms with E-state index >= 15 is 0 Å². The second-order valence-electron chi connectivity index (χ2n) is 3.68. The second kappa shape index (κ2) is 7.25. The molecule has 0 spiro atoms. The number of nitriles is 1. The van der Waals surface area contributed by atoms with Crippen LogP contribution in [0.4, 0.5) is 5.69 Å². The SMILES string of the molecule is CCCNCc1ccc(OCC#N)c([N+](=O)[O-])c1. The molecule has 0 aliphatic rings. The molecule has 6 nitrogen and oxygen atoms in total. The number of nitro benzene ring substituents is 1. The lowest BCUT2D eigenvalue weighted by Gasteiger charge is -2.06. The van der Waals surface area contributed by atoms with Crippen molar-refractivity contribution in [3.8, 4) is 11.8 Å². The van der Waals surface area contributed by atoms with Crippen molar-refractivity contribution < 1.29 is 9.66 Å². The van der Waals surface area contributed by atoms with Gasteiger partial charge in [0.2, 0.25) is 0 Å². The van der Waals surface area contributed by atoms with Crippen LogP contribution in [0.1, 0.15) is 18.9 Å². The molecule has 1 aromatic carbocycles. The number of nitrogens with one attached hydrogen (secondary N) is 1. The van der Waals surface area contributed by atoms with E-state index in [9.17, 15) is 10.1 Å². The first-order valence-electron chi connectivity index (χ1n) is 5.66. The van der Waals surface area contributed by atoms with Crippen LogP contribution in [0, 0.1) is 21.4 Å².